The first-order valence-electron chi connectivity index (χ1n) is 7.94. The highest BCUT2D eigenvalue weighted by atomic mass is 35.5. The largest absolute Gasteiger partial charge is 0.449 e. The van der Waals surface area contributed by atoms with E-state index in [0.29, 0.717) is 13.2 Å². The van der Waals surface area contributed by atoms with E-state index in [0.717, 1.165) is 0 Å². The zero-order valence-electron chi connectivity index (χ0n) is 14.8. The molecule has 0 N–H and O–H groups in total. The monoisotopic (exact) mass is 404 g/mol. The van der Waals surface area contributed by atoms with Gasteiger partial charge in [0.1, 0.15) is 4.90 Å². The topological polar surface area (TPSA) is 93.2 Å². The third kappa shape index (κ3) is 4.53. The number of nitrogens with zero attached hydrogens (tertiary/aromatic N) is 2. The molecule has 1 aromatic rings. The maximum absolute atomic E-state index is 12.8. The van der Waals surface area contributed by atoms with Gasteiger partial charge in [0.25, 0.3) is 5.91 Å². The van der Waals surface area contributed by atoms with Gasteiger partial charge >= 0.3 is 5.97 Å². The lowest BCUT2D eigenvalue weighted by Gasteiger charge is -2.26. The molecule has 1 aliphatic heterocycles. The van der Waals surface area contributed by atoms with Crippen LogP contribution in [0.3, 0.4) is 0 Å². The number of hydrogen-bond acceptors (Lipinski definition) is 6. The molecule has 0 unspecified atom stereocenters. The molecule has 1 aromatic carbocycles. The number of amides is 1. The Morgan fingerprint density at radius 1 is 1.27 bits per heavy atom. The van der Waals surface area contributed by atoms with Crippen LogP contribution in [-0.2, 0) is 24.3 Å². The van der Waals surface area contributed by atoms with Gasteiger partial charge in [0.05, 0.1) is 23.8 Å². The number of carbonyl (C=O) groups is 2. The second-order valence-corrected chi connectivity index (χ2v) is 8.26. The Kier molecular flexibility index (Phi) is 6.62. The van der Waals surface area contributed by atoms with E-state index in [1.54, 1.807) is 14.1 Å². The molecular formula is C16H21ClN2O6S. The summed E-state index contributed by atoms with van der Waals surface area (Å²) < 4.78 is 37.1. The minimum atomic E-state index is -3.87. The molecule has 10 heteroatoms. The van der Waals surface area contributed by atoms with E-state index in [2.05, 4.69) is 0 Å². The van der Waals surface area contributed by atoms with Gasteiger partial charge in [-0.2, -0.15) is 4.31 Å². The van der Waals surface area contributed by atoms with Crippen molar-refractivity contribution in [2.75, 3.05) is 40.4 Å². The molecule has 1 heterocycles. The molecule has 0 bridgehead atoms. The summed E-state index contributed by atoms with van der Waals surface area (Å²) in [5, 5.41) is 0.00505. The molecule has 0 spiro atoms. The second kappa shape index (κ2) is 8.34. The number of morpholine rings is 1. The summed E-state index contributed by atoms with van der Waals surface area (Å²) in [6.45, 7) is 2.45. The molecule has 0 radical (unpaired) electrons. The third-order valence-corrected chi connectivity index (χ3v) is 6.21. The standard InChI is InChI=1S/C16H21ClN2O6S/c1-11(15(20)18(2)3)25-16(21)12-4-5-13(17)14(10-12)26(22,23)19-6-8-24-9-7-19/h4-5,10-11H,6-9H2,1-3H3/t11-/m0/s1. The van der Waals surface area contributed by atoms with E-state index < -0.39 is 22.1 Å². The van der Waals surface area contributed by atoms with E-state index in [1.165, 1.54) is 34.3 Å². The van der Waals surface area contributed by atoms with Crippen molar-refractivity contribution in [1.29, 1.82) is 0 Å². The molecule has 0 aromatic heterocycles. The van der Waals surface area contributed by atoms with Crippen LogP contribution in [0.15, 0.2) is 23.1 Å². The minimum absolute atomic E-state index is 0.000333. The number of benzene rings is 1. The summed E-state index contributed by atoms with van der Waals surface area (Å²) in [5.74, 6) is -1.18. The molecule has 8 nitrogen and oxygen atoms in total. The van der Waals surface area contributed by atoms with Gasteiger partial charge in [-0.25, -0.2) is 13.2 Å². The van der Waals surface area contributed by atoms with E-state index in [-0.39, 0.29) is 34.5 Å². The molecule has 1 fully saturated rings. The lowest BCUT2D eigenvalue weighted by Crippen LogP contribution is -2.40. The van der Waals surface area contributed by atoms with Crippen molar-refractivity contribution < 1.29 is 27.5 Å². The van der Waals surface area contributed by atoms with Crippen molar-refractivity contribution in [3.8, 4) is 0 Å². The Hall–Kier alpha value is -1.68. The van der Waals surface area contributed by atoms with Gasteiger partial charge in [-0.1, -0.05) is 11.6 Å². The van der Waals surface area contributed by atoms with Crippen molar-refractivity contribution in [2.24, 2.45) is 0 Å². The fourth-order valence-electron chi connectivity index (χ4n) is 2.40. The Labute approximate surface area is 157 Å². The SMILES string of the molecule is C[C@H](OC(=O)c1ccc(Cl)c(S(=O)(=O)N2CCOCC2)c1)C(=O)N(C)C. The molecular weight excluding hydrogens is 384 g/mol. The molecule has 2 rings (SSSR count). The van der Waals surface area contributed by atoms with Gasteiger partial charge in [-0.05, 0) is 25.1 Å². The Balaban J connectivity index is 2.26. The highest BCUT2D eigenvalue weighted by Crippen LogP contribution is 2.27. The zero-order chi connectivity index (χ0) is 19.5. The second-order valence-electron chi connectivity index (χ2n) is 5.94. The van der Waals surface area contributed by atoms with Crippen molar-refractivity contribution >= 4 is 33.5 Å². The number of likely N-dealkylation sites (N-methyl/N-ethyl adjacent to an activating group) is 1. The number of sulfonamides is 1. The normalized spacial score (nSPS) is 16.8. The molecule has 26 heavy (non-hydrogen) atoms. The zero-order valence-corrected chi connectivity index (χ0v) is 16.3. The van der Waals surface area contributed by atoms with Gasteiger partial charge in [-0.3, -0.25) is 4.79 Å². The number of rotatable bonds is 5. The number of halogens is 1. The fraction of sp³-hybridized carbons (Fsp3) is 0.500. The van der Waals surface area contributed by atoms with Crippen molar-refractivity contribution in [3.05, 3.63) is 28.8 Å². The summed E-state index contributed by atoms with van der Waals surface area (Å²) in [4.78, 5) is 25.2. The highest BCUT2D eigenvalue weighted by Gasteiger charge is 2.30. The van der Waals surface area contributed by atoms with Crippen LogP contribution < -0.4 is 0 Å². The number of hydrogen-bond donors (Lipinski definition) is 0. The first-order valence-corrected chi connectivity index (χ1v) is 9.76. The van der Waals surface area contributed by atoms with E-state index in [9.17, 15) is 18.0 Å². The quantitative estimate of drug-likeness (QED) is 0.679. The van der Waals surface area contributed by atoms with Crippen LogP contribution in [0.4, 0.5) is 0 Å². The summed E-state index contributed by atoms with van der Waals surface area (Å²) in [5.41, 5.74) is -0.000333. The molecule has 0 saturated carbocycles. The first-order chi connectivity index (χ1) is 12.1. The molecule has 1 saturated heterocycles. The number of ether oxygens (including phenoxy) is 2. The maximum Gasteiger partial charge on any atom is 0.338 e. The van der Waals surface area contributed by atoms with E-state index >= 15 is 0 Å². The first kappa shape index (κ1) is 20.6. The van der Waals surface area contributed by atoms with Crippen LogP contribution in [0.25, 0.3) is 0 Å². The lowest BCUT2D eigenvalue weighted by atomic mass is 10.2. The van der Waals surface area contributed by atoms with Crippen LogP contribution in [0, 0.1) is 0 Å². The summed E-state index contributed by atoms with van der Waals surface area (Å²) in [6.07, 6.45) is -0.993. The van der Waals surface area contributed by atoms with Crippen LogP contribution in [0.2, 0.25) is 5.02 Å². The Bertz CT molecular complexity index is 790. The fourth-order valence-corrected chi connectivity index (χ4v) is 4.31. The van der Waals surface area contributed by atoms with Crippen molar-refractivity contribution in [2.45, 2.75) is 17.9 Å². The average molecular weight is 405 g/mol. The third-order valence-electron chi connectivity index (χ3n) is 3.83. The molecule has 144 valence electrons. The molecule has 1 amide bonds. The molecule has 0 aliphatic carbocycles. The summed E-state index contributed by atoms with van der Waals surface area (Å²) >= 11 is 6.05. The van der Waals surface area contributed by atoms with Crippen LogP contribution in [0.1, 0.15) is 17.3 Å². The highest BCUT2D eigenvalue weighted by molar-refractivity contribution is 7.89. The number of carbonyl (C=O) groups excluding carboxylic acids is 2. The summed E-state index contributed by atoms with van der Waals surface area (Å²) in [6, 6.07) is 3.85. The van der Waals surface area contributed by atoms with Gasteiger partial charge in [0.2, 0.25) is 10.0 Å². The predicted molar refractivity (Wildman–Crippen MR) is 94.6 cm³/mol. The Morgan fingerprint density at radius 2 is 1.88 bits per heavy atom. The van der Waals surface area contributed by atoms with E-state index in [1.807, 2.05) is 0 Å². The predicted octanol–water partition coefficient (Wildman–Crippen LogP) is 0.994. The van der Waals surface area contributed by atoms with Gasteiger partial charge in [0.15, 0.2) is 6.10 Å². The average Bonchev–Trinajstić information content (AvgIpc) is 2.61. The summed E-state index contributed by atoms with van der Waals surface area (Å²) in [7, 11) is -0.781. The molecule has 1 atom stereocenters. The Morgan fingerprint density at radius 3 is 2.46 bits per heavy atom. The smallest absolute Gasteiger partial charge is 0.338 e. The van der Waals surface area contributed by atoms with E-state index in [4.69, 9.17) is 21.1 Å². The maximum atomic E-state index is 12.8. The molecule has 1 aliphatic rings. The van der Waals surface area contributed by atoms with Crippen molar-refractivity contribution in [1.82, 2.24) is 9.21 Å². The van der Waals surface area contributed by atoms with Gasteiger partial charge in [-0.15, -0.1) is 0 Å². The van der Waals surface area contributed by atoms with Crippen LogP contribution >= 0.6 is 11.6 Å². The lowest BCUT2D eigenvalue weighted by molar-refractivity contribution is -0.137. The van der Waals surface area contributed by atoms with Gasteiger partial charge < -0.3 is 14.4 Å². The van der Waals surface area contributed by atoms with Gasteiger partial charge in [0, 0.05) is 27.2 Å². The number of esters is 1. The van der Waals surface area contributed by atoms with Crippen molar-refractivity contribution in [3.63, 3.8) is 0 Å². The van der Waals surface area contributed by atoms with Crippen LogP contribution in [-0.4, -0.2) is 76.0 Å². The minimum Gasteiger partial charge on any atom is -0.449 e. The van der Waals surface area contributed by atoms with Crippen LogP contribution in [0.5, 0.6) is 0 Å².